The Hall–Kier alpha value is -1.19. The molecule has 3 unspecified atom stereocenters. The summed E-state index contributed by atoms with van der Waals surface area (Å²) in [7, 11) is -1.37. The molecule has 3 saturated heterocycles. The van der Waals surface area contributed by atoms with Gasteiger partial charge in [-0.15, -0.1) is 0 Å². The molecule has 4 aliphatic rings. The van der Waals surface area contributed by atoms with Crippen LogP contribution in [0.2, 0.25) is 0 Å². The first-order valence-electron chi connectivity index (χ1n) is 9.34. The van der Waals surface area contributed by atoms with Crippen LogP contribution in [-0.2, 0) is 28.9 Å². The summed E-state index contributed by atoms with van der Waals surface area (Å²) in [5, 5.41) is 0. The monoisotopic (exact) mass is 386 g/mol. The van der Waals surface area contributed by atoms with Crippen LogP contribution in [-0.4, -0.2) is 86.7 Å². The van der Waals surface area contributed by atoms with E-state index in [4.69, 9.17) is 9.47 Å². The van der Waals surface area contributed by atoms with Crippen LogP contribution < -0.4 is 0 Å². The Morgan fingerprint density at radius 3 is 2.35 bits per heavy atom. The fourth-order valence-corrected chi connectivity index (χ4v) is 6.13. The molecule has 0 aromatic heterocycles. The lowest BCUT2D eigenvalue weighted by atomic mass is 10.0. The Balaban J connectivity index is 1.29. The number of likely N-dealkylation sites (tertiary alicyclic amines) is 1. The summed E-state index contributed by atoms with van der Waals surface area (Å²) in [6.07, 6.45) is 2.40. The molecular formula is C17H26N2O6S. The van der Waals surface area contributed by atoms with Crippen molar-refractivity contribution in [2.24, 2.45) is 11.8 Å². The highest BCUT2D eigenvalue weighted by Gasteiger charge is 2.52. The van der Waals surface area contributed by atoms with E-state index in [-0.39, 0.29) is 41.2 Å². The van der Waals surface area contributed by atoms with Gasteiger partial charge in [-0.25, -0.2) is 8.42 Å². The number of sulfone groups is 1. The number of hydrogen-bond acceptors (Lipinski definition) is 6. The zero-order chi connectivity index (χ0) is 18.5. The van der Waals surface area contributed by atoms with Crippen molar-refractivity contribution in [3.8, 4) is 0 Å². The molecule has 9 heteroatoms. The van der Waals surface area contributed by atoms with Gasteiger partial charge in [0.15, 0.2) is 15.6 Å². The summed E-state index contributed by atoms with van der Waals surface area (Å²) >= 11 is 0. The predicted octanol–water partition coefficient (Wildman–Crippen LogP) is -0.366. The lowest BCUT2D eigenvalue weighted by Gasteiger charge is -2.37. The minimum Gasteiger partial charge on any atom is -0.347 e. The summed E-state index contributed by atoms with van der Waals surface area (Å²) in [5.41, 5.74) is 0. The number of carbonyl (C=O) groups is 2. The van der Waals surface area contributed by atoms with E-state index in [2.05, 4.69) is 0 Å². The molecule has 26 heavy (non-hydrogen) atoms. The third-order valence-electron chi connectivity index (χ3n) is 6.18. The van der Waals surface area contributed by atoms with E-state index in [1.165, 1.54) is 0 Å². The van der Waals surface area contributed by atoms with Crippen LogP contribution in [0.1, 0.15) is 25.7 Å². The molecule has 8 nitrogen and oxygen atoms in total. The number of hydrogen-bond donors (Lipinski definition) is 0. The van der Waals surface area contributed by atoms with E-state index in [0.717, 1.165) is 0 Å². The Bertz CT molecular complexity index is 692. The van der Waals surface area contributed by atoms with Gasteiger partial charge in [0.1, 0.15) is 0 Å². The van der Waals surface area contributed by atoms with Crippen LogP contribution in [0.4, 0.5) is 0 Å². The van der Waals surface area contributed by atoms with Gasteiger partial charge in [-0.3, -0.25) is 9.59 Å². The van der Waals surface area contributed by atoms with E-state index in [0.29, 0.717) is 52.0 Å². The summed E-state index contributed by atoms with van der Waals surface area (Å²) < 4.78 is 34.6. The van der Waals surface area contributed by atoms with Gasteiger partial charge < -0.3 is 19.3 Å². The number of carbonyl (C=O) groups excluding carboxylic acids is 2. The van der Waals surface area contributed by atoms with Crippen LogP contribution in [0.5, 0.6) is 0 Å². The Morgan fingerprint density at radius 2 is 1.77 bits per heavy atom. The molecule has 1 aliphatic carbocycles. The first-order valence-corrected chi connectivity index (χ1v) is 11.2. The molecule has 0 aromatic rings. The molecule has 1 saturated carbocycles. The smallest absolute Gasteiger partial charge is 0.226 e. The zero-order valence-corrected chi connectivity index (χ0v) is 15.9. The fraction of sp³-hybridized carbons (Fsp3) is 0.882. The fourth-order valence-electron chi connectivity index (χ4n) is 4.35. The number of rotatable bonds is 3. The summed E-state index contributed by atoms with van der Waals surface area (Å²) in [6, 6.07) is -0.254. The van der Waals surface area contributed by atoms with Gasteiger partial charge in [0.25, 0.3) is 0 Å². The molecule has 0 radical (unpaired) electrons. The third kappa shape index (κ3) is 3.36. The van der Waals surface area contributed by atoms with Crippen molar-refractivity contribution in [1.29, 1.82) is 0 Å². The highest BCUT2D eigenvalue weighted by Crippen LogP contribution is 2.43. The maximum atomic E-state index is 12.7. The van der Waals surface area contributed by atoms with E-state index in [1.54, 1.807) is 11.9 Å². The zero-order valence-electron chi connectivity index (χ0n) is 15.1. The second-order valence-corrected chi connectivity index (χ2v) is 10.1. The Morgan fingerprint density at radius 1 is 1.12 bits per heavy atom. The first-order chi connectivity index (χ1) is 12.3. The minimum absolute atomic E-state index is 0.0311. The van der Waals surface area contributed by atoms with Gasteiger partial charge in [0, 0.05) is 39.0 Å². The van der Waals surface area contributed by atoms with Gasteiger partial charge in [-0.05, 0) is 12.8 Å². The predicted molar refractivity (Wildman–Crippen MR) is 91.9 cm³/mol. The molecule has 0 N–H and O–H groups in total. The molecule has 2 amide bonds. The van der Waals surface area contributed by atoms with E-state index in [9.17, 15) is 18.0 Å². The van der Waals surface area contributed by atoms with Gasteiger partial charge in [0.2, 0.25) is 11.8 Å². The van der Waals surface area contributed by atoms with Crippen molar-refractivity contribution in [2.75, 3.05) is 44.9 Å². The van der Waals surface area contributed by atoms with Crippen molar-refractivity contribution in [3.05, 3.63) is 0 Å². The minimum atomic E-state index is -3.03. The molecule has 3 aliphatic heterocycles. The molecule has 0 bridgehead atoms. The van der Waals surface area contributed by atoms with E-state index >= 15 is 0 Å². The molecule has 1 spiro atoms. The number of nitrogens with zero attached hydrogens (tertiary/aromatic N) is 2. The normalized spacial score (nSPS) is 34.8. The average molecular weight is 386 g/mol. The van der Waals surface area contributed by atoms with E-state index in [1.807, 2.05) is 4.90 Å². The summed E-state index contributed by atoms with van der Waals surface area (Å²) in [4.78, 5) is 28.7. The standard InChI is InChI=1S/C17H26N2O6S/c1-18(12-2-9-26(22,23)11-12)15(20)13-10-14(13)16(21)19-5-3-17(4-6-19)24-7-8-25-17/h12-14H,2-11H2,1H3. The number of ether oxygens (including phenoxy) is 2. The average Bonchev–Trinajstić information content (AvgIpc) is 3.16. The molecule has 4 rings (SSSR count). The topological polar surface area (TPSA) is 93.2 Å². The number of piperidine rings is 1. The van der Waals surface area contributed by atoms with Crippen LogP contribution in [0.3, 0.4) is 0 Å². The molecule has 0 aromatic carbocycles. The SMILES string of the molecule is CN(C(=O)C1CC1C(=O)N1CCC2(CC1)OCCO2)C1CCS(=O)(=O)C1. The Kier molecular flexibility index (Phi) is 4.51. The van der Waals surface area contributed by atoms with Crippen LogP contribution in [0.25, 0.3) is 0 Å². The van der Waals surface area contributed by atoms with Crippen LogP contribution in [0.15, 0.2) is 0 Å². The first kappa shape index (κ1) is 18.2. The Labute approximate surface area is 153 Å². The highest BCUT2D eigenvalue weighted by atomic mass is 32.2. The van der Waals surface area contributed by atoms with E-state index < -0.39 is 15.6 Å². The molecule has 3 heterocycles. The second kappa shape index (κ2) is 6.45. The van der Waals surface area contributed by atoms with Crippen molar-refractivity contribution in [1.82, 2.24) is 9.80 Å². The van der Waals surface area contributed by atoms with Gasteiger partial charge >= 0.3 is 0 Å². The largest absolute Gasteiger partial charge is 0.347 e. The van der Waals surface area contributed by atoms with Gasteiger partial charge in [-0.2, -0.15) is 0 Å². The lowest BCUT2D eigenvalue weighted by Crippen LogP contribution is -2.48. The maximum absolute atomic E-state index is 12.7. The lowest BCUT2D eigenvalue weighted by molar-refractivity contribution is -0.187. The highest BCUT2D eigenvalue weighted by molar-refractivity contribution is 7.91. The van der Waals surface area contributed by atoms with Gasteiger partial charge in [-0.1, -0.05) is 0 Å². The third-order valence-corrected chi connectivity index (χ3v) is 7.93. The van der Waals surface area contributed by atoms with Crippen molar-refractivity contribution in [3.63, 3.8) is 0 Å². The molecule has 3 atom stereocenters. The molecule has 4 fully saturated rings. The van der Waals surface area contributed by atoms with Crippen molar-refractivity contribution < 1.29 is 27.5 Å². The van der Waals surface area contributed by atoms with Crippen LogP contribution in [0, 0.1) is 11.8 Å². The molecule has 146 valence electrons. The molecular weight excluding hydrogens is 360 g/mol. The van der Waals surface area contributed by atoms with Crippen LogP contribution >= 0.6 is 0 Å². The van der Waals surface area contributed by atoms with Crippen molar-refractivity contribution >= 4 is 21.7 Å². The maximum Gasteiger partial charge on any atom is 0.226 e. The summed E-state index contributed by atoms with van der Waals surface area (Å²) in [5.74, 6) is -0.960. The van der Waals surface area contributed by atoms with Gasteiger partial charge in [0.05, 0.1) is 36.6 Å². The quantitative estimate of drug-likeness (QED) is 0.657. The second-order valence-electron chi connectivity index (χ2n) is 7.89. The number of amides is 2. The summed E-state index contributed by atoms with van der Waals surface area (Å²) in [6.45, 7) is 2.40. The van der Waals surface area contributed by atoms with Crippen molar-refractivity contribution in [2.45, 2.75) is 37.5 Å².